The van der Waals surface area contributed by atoms with Crippen LogP contribution in [-0.2, 0) is 0 Å². The van der Waals surface area contributed by atoms with Gasteiger partial charge in [-0.1, -0.05) is 0 Å². The molecule has 0 bridgehead atoms. The number of thioether (sulfide) groups is 2. The van der Waals surface area contributed by atoms with Gasteiger partial charge in [0, 0.05) is 26.2 Å². The van der Waals surface area contributed by atoms with E-state index in [2.05, 4.69) is 15.9 Å². The van der Waals surface area contributed by atoms with Gasteiger partial charge in [-0.15, -0.1) is 23.5 Å². The number of nitrogens with two attached hydrogens (primary N) is 1. The summed E-state index contributed by atoms with van der Waals surface area (Å²) in [4.78, 5) is 14.1. The van der Waals surface area contributed by atoms with E-state index in [1.54, 1.807) is 23.5 Å². The van der Waals surface area contributed by atoms with Gasteiger partial charge in [0.25, 0.3) is 0 Å². The number of hydrogen-bond donors (Lipinski definition) is 1. The Labute approximate surface area is 113 Å². The standard InChI is InChI=1S/C11H14BrNOS2/c1-15-10-6-7(9(14)3-4-13)5-8(12)11(10)16-2/h5-6H,3-4,13H2,1-2H3. The van der Waals surface area contributed by atoms with Crippen LogP contribution < -0.4 is 5.73 Å². The molecule has 2 nitrogen and oxygen atoms in total. The van der Waals surface area contributed by atoms with E-state index in [0.717, 1.165) is 14.9 Å². The predicted molar refractivity (Wildman–Crippen MR) is 75.7 cm³/mol. The van der Waals surface area contributed by atoms with Crippen molar-refractivity contribution in [3.8, 4) is 0 Å². The van der Waals surface area contributed by atoms with Gasteiger partial charge in [0.2, 0.25) is 0 Å². The second kappa shape index (κ2) is 6.69. The average Bonchev–Trinajstić information content (AvgIpc) is 2.28. The molecule has 0 atom stereocenters. The van der Waals surface area contributed by atoms with Crippen molar-refractivity contribution in [2.75, 3.05) is 19.1 Å². The number of benzene rings is 1. The van der Waals surface area contributed by atoms with Crippen LogP contribution in [0.25, 0.3) is 0 Å². The zero-order valence-corrected chi connectivity index (χ0v) is 12.5. The molecule has 0 fully saturated rings. The Hall–Kier alpha value is 0.0300. The lowest BCUT2D eigenvalue weighted by Gasteiger charge is -2.10. The van der Waals surface area contributed by atoms with E-state index in [1.807, 2.05) is 24.6 Å². The molecule has 0 unspecified atom stereocenters. The summed E-state index contributed by atoms with van der Waals surface area (Å²) in [6.07, 6.45) is 4.44. The minimum Gasteiger partial charge on any atom is -0.330 e. The Kier molecular flexibility index (Phi) is 5.89. The zero-order valence-electron chi connectivity index (χ0n) is 9.25. The fourth-order valence-electron chi connectivity index (χ4n) is 1.35. The molecule has 2 N–H and O–H groups in total. The number of rotatable bonds is 5. The summed E-state index contributed by atoms with van der Waals surface area (Å²) in [7, 11) is 0. The third-order valence-corrected chi connectivity index (χ3v) is 4.75. The highest BCUT2D eigenvalue weighted by molar-refractivity contribution is 9.10. The van der Waals surface area contributed by atoms with Gasteiger partial charge in [-0.05, 0) is 47.1 Å². The Morgan fingerprint density at radius 3 is 2.56 bits per heavy atom. The molecule has 0 spiro atoms. The SMILES string of the molecule is CSc1cc(C(=O)CCN)cc(Br)c1SC. The van der Waals surface area contributed by atoms with Gasteiger partial charge in [0.15, 0.2) is 5.78 Å². The van der Waals surface area contributed by atoms with E-state index in [4.69, 9.17) is 5.73 Å². The van der Waals surface area contributed by atoms with Crippen LogP contribution >= 0.6 is 39.5 Å². The molecule has 0 amide bonds. The molecule has 0 aliphatic rings. The number of carbonyl (C=O) groups excluding carboxylic acids is 1. The van der Waals surface area contributed by atoms with Crippen LogP contribution in [0.5, 0.6) is 0 Å². The molecule has 0 aromatic heterocycles. The molecule has 0 saturated heterocycles. The van der Waals surface area contributed by atoms with E-state index in [1.165, 1.54) is 4.90 Å². The van der Waals surface area contributed by atoms with Gasteiger partial charge in [-0.3, -0.25) is 4.79 Å². The maximum Gasteiger partial charge on any atom is 0.164 e. The normalized spacial score (nSPS) is 10.5. The van der Waals surface area contributed by atoms with E-state index in [-0.39, 0.29) is 5.78 Å². The Bertz CT molecular complexity index is 396. The van der Waals surface area contributed by atoms with Crippen LogP contribution in [0.15, 0.2) is 26.4 Å². The smallest absolute Gasteiger partial charge is 0.164 e. The van der Waals surface area contributed by atoms with Crippen molar-refractivity contribution in [3.05, 3.63) is 22.2 Å². The van der Waals surface area contributed by atoms with E-state index in [0.29, 0.717) is 13.0 Å². The minimum atomic E-state index is 0.103. The number of halogens is 1. The first-order chi connectivity index (χ1) is 7.63. The lowest BCUT2D eigenvalue weighted by Crippen LogP contribution is -2.08. The second-order valence-electron chi connectivity index (χ2n) is 3.16. The number of carbonyl (C=O) groups is 1. The Balaban J connectivity index is 3.15. The summed E-state index contributed by atoms with van der Waals surface area (Å²) < 4.78 is 0.979. The molecule has 88 valence electrons. The first-order valence-electron chi connectivity index (χ1n) is 4.78. The largest absolute Gasteiger partial charge is 0.330 e. The zero-order chi connectivity index (χ0) is 12.1. The van der Waals surface area contributed by atoms with Crippen molar-refractivity contribution in [3.63, 3.8) is 0 Å². The maximum atomic E-state index is 11.7. The molecular weight excluding hydrogens is 306 g/mol. The summed E-state index contributed by atoms with van der Waals surface area (Å²) in [6.45, 7) is 0.398. The highest BCUT2D eigenvalue weighted by Gasteiger charge is 2.12. The van der Waals surface area contributed by atoms with Crippen molar-refractivity contribution in [2.45, 2.75) is 16.2 Å². The third-order valence-electron chi connectivity index (χ3n) is 2.13. The number of hydrogen-bond acceptors (Lipinski definition) is 4. The first kappa shape index (κ1) is 14.1. The minimum absolute atomic E-state index is 0.103. The van der Waals surface area contributed by atoms with Crippen molar-refractivity contribution >= 4 is 45.2 Å². The summed E-state index contributed by atoms with van der Waals surface area (Å²) in [5.41, 5.74) is 6.13. The van der Waals surface area contributed by atoms with Crippen LogP contribution in [0, 0.1) is 0 Å². The van der Waals surface area contributed by atoms with Crippen molar-refractivity contribution in [1.82, 2.24) is 0 Å². The predicted octanol–water partition coefficient (Wildman–Crippen LogP) is 3.42. The molecule has 5 heteroatoms. The van der Waals surface area contributed by atoms with Gasteiger partial charge in [-0.2, -0.15) is 0 Å². The van der Waals surface area contributed by atoms with Gasteiger partial charge in [0.1, 0.15) is 0 Å². The number of Topliss-reactive ketones (excluding diaryl/α,β-unsaturated/α-hetero) is 1. The summed E-state index contributed by atoms with van der Waals surface area (Å²) in [5, 5.41) is 0. The van der Waals surface area contributed by atoms with E-state index < -0.39 is 0 Å². The highest BCUT2D eigenvalue weighted by Crippen LogP contribution is 2.36. The van der Waals surface area contributed by atoms with Crippen LogP contribution in [0.4, 0.5) is 0 Å². The van der Waals surface area contributed by atoms with Gasteiger partial charge in [-0.25, -0.2) is 0 Å². The molecule has 0 aliphatic heterocycles. The molecule has 0 radical (unpaired) electrons. The molecule has 1 aromatic rings. The van der Waals surface area contributed by atoms with Gasteiger partial charge >= 0.3 is 0 Å². The fraction of sp³-hybridized carbons (Fsp3) is 0.364. The Morgan fingerprint density at radius 1 is 1.38 bits per heavy atom. The third kappa shape index (κ3) is 3.26. The summed E-state index contributed by atoms with van der Waals surface area (Å²) in [6, 6.07) is 3.82. The molecule has 1 aromatic carbocycles. The van der Waals surface area contributed by atoms with Crippen LogP contribution in [0.2, 0.25) is 0 Å². The summed E-state index contributed by atoms with van der Waals surface area (Å²) >= 11 is 6.83. The molecule has 0 heterocycles. The quantitative estimate of drug-likeness (QED) is 0.667. The van der Waals surface area contributed by atoms with Crippen molar-refractivity contribution in [2.24, 2.45) is 5.73 Å². The van der Waals surface area contributed by atoms with Crippen LogP contribution in [0.1, 0.15) is 16.8 Å². The van der Waals surface area contributed by atoms with E-state index in [9.17, 15) is 4.79 Å². The average molecular weight is 320 g/mol. The molecule has 16 heavy (non-hydrogen) atoms. The van der Waals surface area contributed by atoms with E-state index >= 15 is 0 Å². The maximum absolute atomic E-state index is 11.7. The lowest BCUT2D eigenvalue weighted by atomic mass is 10.1. The van der Waals surface area contributed by atoms with Crippen molar-refractivity contribution < 1.29 is 4.79 Å². The summed E-state index contributed by atoms with van der Waals surface area (Å²) in [5.74, 6) is 0.103. The molecule has 0 saturated carbocycles. The van der Waals surface area contributed by atoms with Gasteiger partial charge in [0.05, 0.1) is 0 Å². The molecule has 0 aliphatic carbocycles. The Morgan fingerprint density at radius 2 is 2.06 bits per heavy atom. The lowest BCUT2D eigenvalue weighted by molar-refractivity contribution is 0.0985. The molecular formula is C11H14BrNOS2. The topological polar surface area (TPSA) is 43.1 Å². The first-order valence-corrected chi connectivity index (χ1v) is 8.03. The second-order valence-corrected chi connectivity index (χ2v) is 5.67. The van der Waals surface area contributed by atoms with Gasteiger partial charge < -0.3 is 5.73 Å². The van der Waals surface area contributed by atoms with Crippen LogP contribution in [0.3, 0.4) is 0 Å². The highest BCUT2D eigenvalue weighted by atomic mass is 79.9. The molecule has 1 rings (SSSR count). The van der Waals surface area contributed by atoms with Crippen LogP contribution in [-0.4, -0.2) is 24.8 Å². The van der Waals surface area contributed by atoms with Crippen molar-refractivity contribution in [1.29, 1.82) is 0 Å². The monoisotopic (exact) mass is 319 g/mol. The fourth-order valence-corrected chi connectivity index (χ4v) is 3.99. The number of ketones is 1.